The number of hydrogen-bond donors (Lipinski definition) is 0. The molecule has 0 aliphatic rings. The highest BCUT2D eigenvalue weighted by atomic mass is 15.2. The average Bonchev–Trinajstić information content (AvgIpc) is 2.70. The van der Waals surface area contributed by atoms with Gasteiger partial charge < -0.3 is 0 Å². The zero-order chi connectivity index (χ0) is 14.0. The van der Waals surface area contributed by atoms with Gasteiger partial charge in [-0.1, -0.05) is 19.1 Å². The number of aryl methyl sites for hydroxylation is 2. The van der Waals surface area contributed by atoms with Gasteiger partial charge in [-0.2, -0.15) is 0 Å². The van der Waals surface area contributed by atoms with Crippen LogP contribution in [0.5, 0.6) is 0 Å². The molecule has 0 aliphatic carbocycles. The van der Waals surface area contributed by atoms with Crippen molar-refractivity contribution in [3.63, 3.8) is 0 Å². The maximum Gasteiger partial charge on any atom is 0.234 e. The highest BCUT2D eigenvalue weighted by Gasteiger charge is 2.09. The molecule has 2 aromatic rings. The molecule has 2 heterocycles. The fourth-order valence-corrected chi connectivity index (χ4v) is 2.28. The zero-order valence-corrected chi connectivity index (χ0v) is 12.3. The van der Waals surface area contributed by atoms with Crippen molar-refractivity contribution in [1.82, 2.24) is 19.3 Å². The summed E-state index contributed by atoms with van der Waals surface area (Å²) in [6, 6.07) is 2.07. The summed E-state index contributed by atoms with van der Waals surface area (Å²) < 4.78 is 2.05. The summed E-state index contributed by atoms with van der Waals surface area (Å²) in [6.45, 7) is 15.0. The van der Waals surface area contributed by atoms with Gasteiger partial charge in [0.2, 0.25) is 5.78 Å². The van der Waals surface area contributed by atoms with Crippen LogP contribution in [-0.4, -0.2) is 32.4 Å². The maximum atomic E-state index is 4.61. The van der Waals surface area contributed by atoms with Crippen molar-refractivity contribution < 1.29 is 0 Å². The van der Waals surface area contributed by atoms with Crippen LogP contribution < -0.4 is 0 Å². The smallest absolute Gasteiger partial charge is 0.234 e. The SMILES string of the molecule is C=C(C)CN(CC)Cc1cn2c(C)cc(C)nc2n1. The molecule has 0 aromatic carbocycles. The Morgan fingerprint density at radius 1 is 1.37 bits per heavy atom. The summed E-state index contributed by atoms with van der Waals surface area (Å²) in [6.07, 6.45) is 2.08. The molecule has 2 rings (SSSR count). The molecule has 4 nitrogen and oxygen atoms in total. The van der Waals surface area contributed by atoms with E-state index in [4.69, 9.17) is 0 Å². The van der Waals surface area contributed by atoms with Crippen LogP contribution in [0.1, 0.15) is 30.9 Å². The van der Waals surface area contributed by atoms with Gasteiger partial charge in [-0.25, -0.2) is 9.97 Å². The van der Waals surface area contributed by atoms with Gasteiger partial charge in [0.15, 0.2) is 0 Å². The van der Waals surface area contributed by atoms with Crippen LogP contribution in [0.4, 0.5) is 0 Å². The summed E-state index contributed by atoms with van der Waals surface area (Å²) in [4.78, 5) is 11.4. The first-order valence-corrected chi connectivity index (χ1v) is 6.68. The summed E-state index contributed by atoms with van der Waals surface area (Å²) in [5, 5.41) is 0. The molecule has 0 atom stereocenters. The van der Waals surface area contributed by atoms with Crippen LogP contribution in [0, 0.1) is 13.8 Å². The standard InChI is InChI=1S/C15H22N4/c1-6-18(8-11(2)3)9-14-10-19-13(5)7-12(4)16-15(19)17-14/h7,10H,2,6,8-9H2,1,3-5H3. The quantitative estimate of drug-likeness (QED) is 0.773. The molecule has 0 amide bonds. The van der Waals surface area contributed by atoms with E-state index in [9.17, 15) is 0 Å². The molecule has 0 bridgehead atoms. The van der Waals surface area contributed by atoms with E-state index in [0.29, 0.717) is 0 Å². The minimum absolute atomic E-state index is 0.791. The van der Waals surface area contributed by atoms with E-state index in [-0.39, 0.29) is 0 Å². The number of nitrogens with zero attached hydrogens (tertiary/aromatic N) is 4. The van der Waals surface area contributed by atoms with Crippen LogP contribution in [0.15, 0.2) is 24.4 Å². The van der Waals surface area contributed by atoms with Crippen molar-refractivity contribution in [2.75, 3.05) is 13.1 Å². The van der Waals surface area contributed by atoms with E-state index in [1.807, 2.05) is 6.92 Å². The van der Waals surface area contributed by atoms with Gasteiger partial charge in [0, 0.05) is 30.7 Å². The van der Waals surface area contributed by atoms with Crippen LogP contribution in [0.2, 0.25) is 0 Å². The Bertz CT molecular complexity index is 597. The summed E-state index contributed by atoms with van der Waals surface area (Å²) >= 11 is 0. The number of fused-ring (bicyclic) bond motifs is 1. The van der Waals surface area contributed by atoms with Gasteiger partial charge in [0.1, 0.15) is 0 Å². The van der Waals surface area contributed by atoms with E-state index < -0.39 is 0 Å². The van der Waals surface area contributed by atoms with Gasteiger partial charge in [0.05, 0.1) is 5.69 Å². The van der Waals surface area contributed by atoms with Crippen molar-refractivity contribution >= 4 is 5.78 Å². The Labute approximate surface area is 114 Å². The van der Waals surface area contributed by atoms with E-state index >= 15 is 0 Å². The largest absolute Gasteiger partial charge is 0.294 e. The van der Waals surface area contributed by atoms with Gasteiger partial charge in [-0.15, -0.1) is 0 Å². The fourth-order valence-electron chi connectivity index (χ4n) is 2.28. The topological polar surface area (TPSA) is 33.4 Å². The van der Waals surface area contributed by atoms with Crippen molar-refractivity contribution in [3.8, 4) is 0 Å². The first-order valence-electron chi connectivity index (χ1n) is 6.68. The van der Waals surface area contributed by atoms with Crippen molar-refractivity contribution in [3.05, 3.63) is 41.5 Å². The Morgan fingerprint density at radius 2 is 2.11 bits per heavy atom. The van der Waals surface area contributed by atoms with E-state index in [1.165, 1.54) is 11.3 Å². The van der Waals surface area contributed by atoms with Crippen LogP contribution in [-0.2, 0) is 6.54 Å². The van der Waals surface area contributed by atoms with E-state index in [0.717, 1.165) is 36.8 Å². The molecule has 102 valence electrons. The molecule has 0 saturated carbocycles. The first-order chi connectivity index (χ1) is 8.99. The van der Waals surface area contributed by atoms with Crippen molar-refractivity contribution in [1.29, 1.82) is 0 Å². The third kappa shape index (κ3) is 3.20. The Kier molecular flexibility index (Phi) is 4.00. The highest BCUT2D eigenvalue weighted by molar-refractivity contribution is 5.34. The van der Waals surface area contributed by atoms with Crippen molar-refractivity contribution in [2.45, 2.75) is 34.2 Å². The molecule has 4 heteroatoms. The van der Waals surface area contributed by atoms with Gasteiger partial charge in [0.25, 0.3) is 0 Å². The van der Waals surface area contributed by atoms with Crippen LogP contribution in [0.25, 0.3) is 5.78 Å². The summed E-state index contributed by atoms with van der Waals surface area (Å²) in [5.74, 6) is 0.791. The Morgan fingerprint density at radius 3 is 2.74 bits per heavy atom. The van der Waals surface area contributed by atoms with Crippen molar-refractivity contribution in [2.24, 2.45) is 0 Å². The lowest BCUT2D eigenvalue weighted by Crippen LogP contribution is -2.24. The molecule has 0 saturated heterocycles. The molecule has 0 spiro atoms. The lowest BCUT2D eigenvalue weighted by Gasteiger charge is -2.18. The lowest BCUT2D eigenvalue weighted by atomic mass is 10.3. The molecule has 0 radical (unpaired) electrons. The Hall–Kier alpha value is -1.68. The molecular formula is C15H22N4. The van der Waals surface area contributed by atoms with Crippen LogP contribution >= 0.6 is 0 Å². The summed E-state index contributed by atoms with van der Waals surface area (Å²) in [7, 11) is 0. The second-order valence-corrected chi connectivity index (χ2v) is 5.20. The minimum Gasteiger partial charge on any atom is -0.294 e. The summed E-state index contributed by atoms with van der Waals surface area (Å²) in [5.41, 5.74) is 4.42. The third-order valence-electron chi connectivity index (χ3n) is 3.14. The predicted octanol–water partition coefficient (Wildman–Crippen LogP) is 2.74. The van der Waals surface area contributed by atoms with Gasteiger partial charge in [-0.05, 0) is 33.4 Å². The maximum absolute atomic E-state index is 4.61. The minimum atomic E-state index is 0.791. The van der Waals surface area contributed by atoms with E-state index in [2.05, 4.69) is 58.9 Å². The average molecular weight is 258 g/mol. The highest BCUT2D eigenvalue weighted by Crippen LogP contribution is 2.10. The predicted molar refractivity (Wildman–Crippen MR) is 78.2 cm³/mol. The molecule has 2 aromatic heterocycles. The molecule has 0 unspecified atom stereocenters. The number of aromatic nitrogens is 3. The fraction of sp³-hybridized carbons (Fsp3) is 0.467. The second-order valence-electron chi connectivity index (χ2n) is 5.20. The number of likely N-dealkylation sites (N-methyl/N-ethyl adjacent to an activating group) is 1. The number of imidazole rings is 1. The first kappa shape index (κ1) is 13.7. The van der Waals surface area contributed by atoms with E-state index in [1.54, 1.807) is 0 Å². The number of hydrogen-bond acceptors (Lipinski definition) is 3. The second kappa shape index (κ2) is 5.53. The molecule has 0 aliphatic heterocycles. The molecule has 0 N–H and O–H groups in total. The molecular weight excluding hydrogens is 236 g/mol. The van der Waals surface area contributed by atoms with Gasteiger partial charge in [-0.3, -0.25) is 9.30 Å². The Balaban J connectivity index is 2.26. The molecule has 0 fully saturated rings. The lowest BCUT2D eigenvalue weighted by molar-refractivity contribution is 0.301. The monoisotopic (exact) mass is 258 g/mol. The zero-order valence-electron chi connectivity index (χ0n) is 12.3. The molecule has 19 heavy (non-hydrogen) atoms. The third-order valence-corrected chi connectivity index (χ3v) is 3.14. The van der Waals surface area contributed by atoms with Crippen LogP contribution in [0.3, 0.4) is 0 Å². The number of rotatable bonds is 5. The normalized spacial score (nSPS) is 11.4. The van der Waals surface area contributed by atoms with Gasteiger partial charge >= 0.3 is 0 Å².